The van der Waals surface area contributed by atoms with Gasteiger partial charge in [-0.2, -0.15) is 5.26 Å². The first-order chi connectivity index (χ1) is 18.4. The summed E-state index contributed by atoms with van der Waals surface area (Å²) in [6, 6.07) is 18.2. The minimum Gasteiger partial charge on any atom is -0.457 e. The van der Waals surface area contributed by atoms with Gasteiger partial charge >= 0.3 is 11.9 Å². The van der Waals surface area contributed by atoms with Crippen LogP contribution in [0.1, 0.15) is 44.8 Å². The molecule has 0 spiro atoms. The van der Waals surface area contributed by atoms with Crippen molar-refractivity contribution in [2.45, 2.75) is 45.5 Å². The van der Waals surface area contributed by atoms with E-state index in [1.807, 2.05) is 50.2 Å². The molecule has 0 bridgehead atoms. The number of rotatable bonds is 9. The van der Waals surface area contributed by atoms with E-state index in [4.69, 9.17) is 23.7 Å². The van der Waals surface area contributed by atoms with Crippen molar-refractivity contribution in [3.8, 4) is 29.4 Å². The van der Waals surface area contributed by atoms with Gasteiger partial charge in [-0.1, -0.05) is 50.1 Å². The van der Waals surface area contributed by atoms with E-state index >= 15 is 0 Å². The maximum Gasteiger partial charge on any atom is 0.384 e. The van der Waals surface area contributed by atoms with Crippen molar-refractivity contribution in [2.75, 3.05) is 19.8 Å². The van der Waals surface area contributed by atoms with Crippen molar-refractivity contribution in [3.05, 3.63) is 60.2 Å². The van der Waals surface area contributed by atoms with Crippen molar-refractivity contribution in [2.24, 2.45) is 17.3 Å². The summed E-state index contributed by atoms with van der Waals surface area (Å²) in [5.74, 6) is 4.32. The number of carbonyl (C=O) groups is 2. The lowest BCUT2D eigenvalue weighted by atomic mass is 10.1. The van der Waals surface area contributed by atoms with Crippen LogP contribution in [0.3, 0.4) is 0 Å². The number of para-hydroxylation sites is 1. The van der Waals surface area contributed by atoms with Crippen LogP contribution < -0.4 is 4.74 Å². The summed E-state index contributed by atoms with van der Waals surface area (Å²) in [6.45, 7) is 4.73. The summed E-state index contributed by atoms with van der Waals surface area (Å²) in [4.78, 5) is 25.0. The third-order valence-corrected chi connectivity index (χ3v) is 6.66. The van der Waals surface area contributed by atoms with Crippen LogP contribution in [0.4, 0.5) is 0 Å². The Bertz CT molecular complexity index is 1220. The monoisotopic (exact) mass is 517 g/mol. The van der Waals surface area contributed by atoms with Crippen LogP contribution in [0.25, 0.3) is 0 Å². The number of ether oxygens (including phenoxy) is 5. The average molecular weight is 518 g/mol. The highest BCUT2D eigenvalue weighted by Crippen LogP contribution is 2.58. The molecule has 0 amide bonds. The molecule has 38 heavy (non-hydrogen) atoms. The van der Waals surface area contributed by atoms with Gasteiger partial charge in [-0.25, -0.2) is 4.79 Å². The fraction of sp³-hybridized carbons (Fsp3) is 0.433. The topological polar surface area (TPSA) is 104 Å². The molecule has 2 aromatic rings. The largest absolute Gasteiger partial charge is 0.457 e. The predicted molar refractivity (Wildman–Crippen MR) is 136 cm³/mol. The van der Waals surface area contributed by atoms with E-state index in [2.05, 4.69) is 11.8 Å². The SMILES string of the molecule is CC1(C)[C@H](C(=O)OC(C#N)c2cccc(Oc3ccccc3)c2)[C@@H]1C#CC(=O)OCCOC1CCCCO1. The number of nitriles is 1. The smallest absolute Gasteiger partial charge is 0.384 e. The molecule has 2 aliphatic rings. The second kappa shape index (κ2) is 12.6. The Morgan fingerprint density at radius 3 is 2.61 bits per heavy atom. The highest BCUT2D eigenvalue weighted by Gasteiger charge is 2.62. The van der Waals surface area contributed by atoms with Crippen LogP contribution in [0.15, 0.2) is 54.6 Å². The van der Waals surface area contributed by atoms with Gasteiger partial charge in [-0.05, 0) is 48.9 Å². The van der Waals surface area contributed by atoms with Gasteiger partial charge in [0.05, 0.1) is 12.5 Å². The summed E-state index contributed by atoms with van der Waals surface area (Å²) in [6.07, 6.45) is 1.57. The van der Waals surface area contributed by atoms with Crippen LogP contribution >= 0.6 is 0 Å². The third-order valence-electron chi connectivity index (χ3n) is 6.66. The molecule has 8 heteroatoms. The average Bonchev–Trinajstić information content (AvgIpc) is 3.49. The van der Waals surface area contributed by atoms with Crippen molar-refractivity contribution in [1.29, 1.82) is 5.26 Å². The van der Waals surface area contributed by atoms with Crippen LogP contribution in [-0.4, -0.2) is 38.0 Å². The fourth-order valence-electron chi connectivity index (χ4n) is 4.40. The Hall–Kier alpha value is -3.85. The standard InChI is InChI=1S/C30H31NO7/c1-30(2)24(14-15-26(32)34-17-18-36-27-13-6-7-16-35-27)28(30)29(33)38-25(20-31)21-9-8-12-23(19-21)37-22-10-4-3-5-11-22/h3-5,8-12,19,24-25,27-28H,6-7,13,16-18H2,1-2H3/t24-,25?,27?,28-/m0/s1. The highest BCUT2D eigenvalue weighted by molar-refractivity contribution is 5.89. The van der Waals surface area contributed by atoms with Crippen LogP contribution in [0.5, 0.6) is 11.5 Å². The fourth-order valence-corrected chi connectivity index (χ4v) is 4.40. The zero-order valence-electron chi connectivity index (χ0n) is 21.6. The van der Waals surface area contributed by atoms with Gasteiger partial charge in [-0.15, -0.1) is 0 Å². The zero-order chi connectivity index (χ0) is 27.0. The zero-order valence-corrected chi connectivity index (χ0v) is 21.6. The van der Waals surface area contributed by atoms with E-state index < -0.39 is 29.4 Å². The Labute approximate surface area is 222 Å². The number of hydrogen-bond donors (Lipinski definition) is 0. The number of carbonyl (C=O) groups excluding carboxylic acids is 2. The van der Waals surface area contributed by atoms with E-state index in [-0.39, 0.29) is 25.4 Å². The van der Waals surface area contributed by atoms with Gasteiger partial charge in [0.15, 0.2) is 6.29 Å². The Balaban J connectivity index is 1.28. The molecular weight excluding hydrogens is 486 g/mol. The Kier molecular flexibility index (Phi) is 9.02. The maximum absolute atomic E-state index is 12.9. The van der Waals surface area contributed by atoms with Crippen molar-refractivity contribution in [3.63, 3.8) is 0 Å². The van der Waals surface area contributed by atoms with E-state index in [1.165, 1.54) is 0 Å². The molecule has 2 aromatic carbocycles. The molecule has 0 aromatic heterocycles. The molecule has 0 N–H and O–H groups in total. The summed E-state index contributed by atoms with van der Waals surface area (Å²) in [5.41, 5.74) is 0.00385. The predicted octanol–water partition coefficient (Wildman–Crippen LogP) is 4.95. The molecule has 1 aliphatic carbocycles. The van der Waals surface area contributed by atoms with E-state index in [1.54, 1.807) is 24.3 Å². The van der Waals surface area contributed by atoms with Crippen LogP contribution in [0.2, 0.25) is 0 Å². The molecule has 1 saturated carbocycles. The lowest BCUT2D eigenvalue weighted by Gasteiger charge is -2.22. The van der Waals surface area contributed by atoms with Crippen molar-refractivity contribution < 1.29 is 33.3 Å². The van der Waals surface area contributed by atoms with Gasteiger partial charge in [0, 0.05) is 24.0 Å². The highest BCUT2D eigenvalue weighted by atomic mass is 16.7. The molecule has 1 aliphatic heterocycles. The first-order valence-electron chi connectivity index (χ1n) is 12.7. The molecule has 4 rings (SSSR count). The lowest BCUT2D eigenvalue weighted by Crippen LogP contribution is -2.24. The van der Waals surface area contributed by atoms with Gasteiger partial charge in [0.25, 0.3) is 0 Å². The quantitative estimate of drug-likeness (QED) is 0.199. The van der Waals surface area contributed by atoms with Crippen molar-refractivity contribution in [1.82, 2.24) is 0 Å². The number of benzene rings is 2. The molecule has 2 fully saturated rings. The molecule has 0 radical (unpaired) electrons. The number of nitrogens with zero attached hydrogens (tertiary/aromatic N) is 1. The lowest BCUT2D eigenvalue weighted by molar-refractivity contribution is -0.172. The molecule has 198 valence electrons. The van der Waals surface area contributed by atoms with E-state index in [9.17, 15) is 14.9 Å². The first kappa shape index (κ1) is 27.2. The van der Waals surface area contributed by atoms with Gasteiger partial charge in [0.1, 0.15) is 24.2 Å². The molecule has 1 heterocycles. The molecule has 8 nitrogen and oxygen atoms in total. The minimum absolute atomic E-state index is 0.0732. The van der Waals surface area contributed by atoms with Gasteiger partial charge < -0.3 is 23.7 Å². The summed E-state index contributed by atoms with van der Waals surface area (Å²) in [5, 5.41) is 9.69. The van der Waals surface area contributed by atoms with Gasteiger partial charge in [-0.3, -0.25) is 4.79 Å². The number of esters is 2. The molecule has 2 unspecified atom stereocenters. The van der Waals surface area contributed by atoms with Crippen LogP contribution in [-0.2, 0) is 28.5 Å². The summed E-state index contributed by atoms with van der Waals surface area (Å²) < 4.78 is 27.5. The maximum atomic E-state index is 12.9. The second-order valence-corrected chi connectivity index (χ2v) is 9.78. The summed E-state index contributed by atoms with van der Waals surface area (Å²) >= 11 is 0. The second-order valence-electron chi connectivity index (χ2n) is 9.78. The first-order valence-corrected chi connectivity index (χ1v) is 12.7. The van der Waals surface area contributed by atoms with E-state index in [0.29, 0.717) is 23.7 Å². The third kappa shape index (κ3) is 7.13. The van der Waals surface area contributed by atoms with Gasteiger partial charge in [0.2, 0.25) is 6.10 Å². The van der Waals surface area contributed by atoms with Crippen molar-refractivity contribution >= 4 is 11.9 Å². The number of hydrogen-bond acceptors (Lipinski definition) is 8. The van der Waals surface area contributed by atoms with Crippen LogP contribution in [0, 0.1) is 40.4 Å². The Morgan fingerprint density at radius 2 is 1.87 bits per heavy atom. The minimum atomic E-state index is -1.11. The normalized spacial score (nSPS) is 22.1. The molecule has 1 saturated heterocycles. The summed E-state index contributed by atoms with van der Waals surface area (Å²) in [7, 11) is 0. The van der Waals surface area contributed by atoms with E-state index in [0.717, 1.165) is 19.3 Å². The Morgan fingerprint density at radius 1 is 1.08 bits per heavy atom. The molecular formula is C30H31NO7. The molecule has 4 atom stereocenters.